The summed E-state index contributed by atoms with van der Waals surface area (Å²) in [5.41, 5.74) is 2.34. The molecular weight excluding hydrogens is 311 g/mol. The summed E-state index contributed by atoms with van der Waals surface area (Å²) in [6, 6.07) is 10.4. The first kappa shape index (κ1) is 13.9. The molecule has 0 aliphatic rings. The summed E-state index contributed by atoms with van der Waals surface area (Å²) in [4.78, 5) is 19.4. The first-order chi connectivity index (χ1) is 10.1. The fraction of sp³-hybridized carbons (Fsp3) is 0.0667. The normalized spacial score (nSPS) is 10.8. The number of benzene rings is 2. The SMILES string of the molecule is COC(=O)c1cccc2[nH]c(-c3cc(Cl)ccc3Cl)nc12. The van der Waals surface area contributed by atoms with Gasteiger partial charge in [0.05, 0.1) is 23.2 Å². The number of H-pyrrole nitrogens is 1. The number of esters is 1. The van der Waals surface area contributed by atoms with Gasteiger partial charge in [0, 0.05) is 10.6 Å². The molecule has 0 unspecified atom stereocenters. The van der Waals surface area contributed by atoms with Gasteiger partial charge in [-0.25, -0.2) is 9.78 Å². The van der Waals surface area contributed by atoms with Crippen LogP contribution in [0.3, 0.4) is 0 Å². The molecule has 0 saturated heterocycles. The Bertz CT molecular complexity index is 843. The highest BCUT2D eigenvalue weighted by atomic mass is 35.5. The number of fused-ring (bicyclic) bond motifs is 1. The van der Waals surface area contributed by atoms with Gasteiger partial charge in [0.15, 0.2) is 0 Å². The van der Waals surface area contributed by atoms with Crippen molar-refractivity contribution in [3.63, 3.8) is 0 Å². The lowest BCUT2D eigenvalue weighted by molar-refractivity contribution is 0.0603. The Morgan fingerprint density at radius 3 is 2.81 bits per heavy atom. The first-order valence-corrected chi connectivity index (χ1v) is 6.88. The molecule has 0 bridgehead atoms. The number of halogens is 2. The molecule has 2 aromatic carbocycles. The monoisotopic (exact) mass is 320 g/mol. The summed E-state index contributed by atoms with van der Waals surface area (Å²) in [6.07, 6.45) is 0. The molecule has 1 N–H and O–H groups in total. The Labute approximate surface area is 130 Å². The van der Waals surface area contributed by atoms with Crippen LogP contribution in [0.15, 0.2) is 36.4 Å². The molecule has 6 heteroatoms. The second kappa shape index (κ2) is 5.39. The van der Waals surface area contributed by atoms with Gasteiger partial charge in [0.2, 0.25) is 0 Å². The zero-order chi connectivity index (χ0) is 15.0. The van der Waals surface area contributed by atoms with Gasteiger partial charge in [-0.2, -0.15) is 0 Å². The van der Waals surface area contributed by atoms with Crippen LogP contribution in [0.2, 0.25) is 10.0 Å². The number of carbonyl (C=O) groups is 1. The number of carbonyl (C=O) groups excluding carboxylic acids is 1. The molecule has 3 aromatic rings. The van der Waals surface area contributed by atoms with E-state index in [1.807, 2.05) is 6.07 Å². The molecule has 1 heterocycles. The van der Waals surface area contributed by atoms with Gasteiger partial charge >= 0.3 is 5.97 Å². The molecular formula is C15H10Cl2N2O2. The van der Waals surface area contributed by atoms with Crippen LogP contribution in [-0.4, -0.2) is 23.0 Å². The highest BCUT2D eigenvalue weighted by Crippen LogP contribution is 2.30. The molecule has 0 aliphatic carbocycles. The molecule has 0 saturated carbocycles. The summed E-state index contributed by atoms with van der Waals surface area (Å²) in [5, 5.41) is 1.08. The van der Waals surface area contributed by atoms with E-state index in [0.717, 1.165) is 5.52 Å². The van der Waals surface area contributed by atoms with Crippen molar-refractivity contribution in [1.29, 1.82) is 0 Å². The summed E-state index contributed by atoms with van der Waals surface area (Å²) in [6.45, 7) is 0. The second-order valence-electron chi connectivity index (χ2n) is 4.40. The standard InChI is InChI=1S/C15H10Cl2N2O2/c1-21-15(20)9-3-2-4-12-13(9)19-14(18-12)10-7-8(16)5-6-11(10)17/h2-7H,1H3,(H,18,19). The summed E-state index contributed by atoms with van der Waals surface area (Å²) >= 11 is 12.2. The van der Waals surface area contributed by atoms with E-state index in [1.54, 1.807) is 30.3 Å². The third kappa shape index (κ3) is 2.48. The van der Waals surface area contributed by atoms with E-state index < -0.39 is 5.97 Å². The number of hydrogen-bond donors (Lipinski definition) is 1. The fourth-order valence-corrected chi connectivity index (χ4v) is 2.49. The zero-order valence-electron chi connectivity index (χ0n) is 11.0. The molecule has 0 radical (unpaired) electrons. The number of ether oxygens (including phenoxy) is 1. The predicted molar refractivity (Wildman–Crippen MR) is 82.9 cm³/mol. The van der Waals surface area contributed by atoms with Crippen molar-refractivity contribution < 1.29 is 9.53 Å². The fourth-order valence-electron chi connectivity index (χ4n) is 2.11. The van der Waals surface area contributed by atoms with Crippen molar-refractivity contribution in [2.75, 3.05) is 7.11 Å². The quantitative estimate of drug-likeness (QED) is 0.715. The third-order valence-electron chi connectivity index (χ3n) is 3.10. The molecule has 0 atom stereocenters. The Kier molecular flexibility index (Phi) is 3.57. The lowest BCUT2D eigenvalue weighted by Gasteiger charge is -2.00. The minimum absolute atomic E-state index is 0.399. The largest absolute Gasteiger partial charge is 0.465 e. The summed E-state index contributed by atoms with van der Waals surface area (Å²) in [5.74, 6) is 0.115. The van der Waals surface area contributed by atoms with E-state index in [0.29, 0.717) is 32.5 Å². The molecule has 4 nitrogen and oxygen atoms in total. The number of nitrogens with one attached hydrogen (secondary N) is 1. The van der Waals surface area contributed by atoms with E-state index in [-0.39, 0.29) is 0 Å². The van der Waals surface area contributed by atoms with Crippen LogP contribution >= 0.6 is 23.2 Å². The van der Waals surface area contributed by atoms with E-state index >= 15 is 0 Å². The predicted octanol–water partition coefficient (Wildman–Crippen LogP) is 4.32. The number of imidazole rings is 1. The summed E-state index contributed by atoms with van der Waals surface area (Å²) in [7, 11) is 1.34. The average Bonchev–Trinajstić information content (AvgIpc) is 2.92. The van der Waals surface area contributed by atoms with Gasteiger partial charge < -0.3 is 9.72 Å². The number of aromatic amines is 1. The summed E-state index contributed by atoms with van der Waals surface area (Å²) < 4.78 is 4.76. The second-order valence-corrected chi connectivity index (χ2v) is 5.25. The van der Waals surface area contributed by atoms with Crippen molar-refractivity contribution >= 4 is 40.2 Å². The number of rotatable bonds is 2. The molecule has 0 spiro atoms. The molecule has 0 fully saturated rings. The number of para-hydroxylation sites is 1. The minimum Gasteiger partial charge on any atom is -0.465 e. The van der Waals surface area contributed by atoms with Crippen LogP contribution < -0.4 is 0 Å². The van der Waals surface area contributed by atoms with Gasteiger partial charge in [0.25, 0.3) is 0 Å². The van der Waals surface area contributed by atoms with Crippen molar-refractivity contribution in [1.82, 2.24) is 9.97 Å². The zero-order valence-corrected chi connectivity index (χ0v) is 12.5. The molecule has 106 valence electrons. The van der Waals surface area contributed by atoms with E-state index in [4.69, 9.17) is 27.9 Å². The van der Waals surface area contributed by atoms with Crippen LogP contribution in [0.5, 0.6) is 0 Å². The van der Waals surface area contributed by atoms with Crippen molar-refractivity contribution in [3.05, 3.63) is 52.0 Å². The number of nitrogens with zero attached hydrogens (tertiary/aromatic N) is 1. The average molecular weight is 321 g/mol. The maximum atomic E-state index is 11.8. The highest BCUT2D eigenvalue weighted by Gasteiger charge is 2.15. The molecule has 0 amide bonds. The lowest BCUT2D eigenvalue weighted by atomic mass is 10.2. The maximum Gasteiger partial charge on any atom is 0.340 e. The van der Waals surface area contributed by atoms with Gasteiger partial charge in [-0.15, -0.1) is 0 Å². The lowest BCUT2D eigenvalue weighted by Crippen LogP contribution is -2.01. The van der Waals surface area contributed by atoms with Crippen molar-refractivity contribution in [2.24, 2.45) is 0 Å². The Hall–Kier alpha value is -2.04. The molecule has 1 aromatic heterocycles. The Balaban J connectivity index is 2.22. The highest BCUT2D eigenvalue weighted by molar-refractivity contribution is 6.35. The van der Waals surface area contributed by atoms with Crippen LogP contribution in [0, 0.1) is 0 Å². The minimum atomic E-state index is -0.434. The van der Waals surface area contributed by atoms with Crippen LogP contribution in [0.1, 0.15) is 10.4 Å². The number of aromatic nitrogens is 2. The van der Waals surface area contributed by atoms with E-state index in [2.05, 4.69) is 9.97 Å². The van der Waals surface area contributed by atoms with E-state index in [9.17, 15) is 4.79 Å². The van der Waals surface area contributed by atoms with Crippen LogP contribution in [0.4, 0.5) is 0 Å². The van der Waals surface area contributed by atoms with Crippen molar-refractivity contribution in [3.8, 4) is 11.4 Å². The van der Waals surface area contributed by atoms with Crippen LogP contribution in [0.25, 0.3) is 22.4 Å². The molecule has 21 heavy (non-hydrogen) atoms. The van der Waals surface area contributed by atoms with Gasteiger partial charge in [-0.3, -0.25) is 0 Å². The van der Waals surface area contributed by atoms with Gasteiger partial charge in [-0.1, -0.05) is 29.3 Å². The topological polar surface area (TPSA) is 55.0 Å². The third-order valence-corrected chi connectivity index (χ3v) is 3.67. The smallest absolute Gasteiger partial charge is 0.340 e. The van der Waals surface area contributed by atoms with Crippen LogP contribution in [-0.2, 0) is 4.74 Å². The van der Waals surface area contributed by atoms with Gasteiger partial charge in [-0.05, 0) is 30.3 Å². The van der Waals surface area contributed by atoms with E-state index in [1.165, 1.54) is 7.11 Å². The number of hydrogen-bond acceptors (Lipinski definition) is 3. The number of methoxy groups -OCH3 is 1. The maximum absolute atomic E-state index is 11.8. The van der Waals surface area contributed by atoms with Gasteiger partial charge in [0.1, 0.15) is 11.3 Å². The molecule has 3 rings (SSSR count). The van der Waals surface area contributed by atoms with Crippen molar-refractivity contribution in [2.45, 2.75) is 0 Å². The first-order valence-electron chi connectivity index (χ1n) is 6.12. The Morgan fingerprint density at radius 1 is 1.24 bits per heavy atom. The molecule has 0 aliphatic heterocycles. The Morgan fingerprint density at radius 2 is 2.05 bits per heavy atom.